The summed E-state index contributed by atoms with van der Waals surface area (Å²) in [5, 5.41) is 10.0. The first-order valence-electron chi connectivity index (χ1n) is 9.90. The van der Waals surface area contributed by atoms with Crippen molar-refractivity contribution in [3.63, 3.8) is 0 Å². The van der Waals surface area contributed by atoms with Gasteiger partial charge in [-0.3, -0.25) is 5.43 Å². The van der Waals surface area contributed by atoms with E-state index in [9.17, 15) is 4.79 Å². The zero-order chi connectivity index (χ0) is 21.6. The Morgan fingerprint density at radius 3 is 2.71 bits per heavy atom. The summed E-state index contributed by atoms with van der Waals surface area (Å²) in [6.07, 6.45) is 3.61. The van der Waals surface area contributed by atoms with Crippen LogP contribution >= 0.6 is 11.3 Å². The summed E-state index contributed by atoms with van der Waals surface area (Å²) in [6, 6.07) is 17.2. The number of benzene rings is 2. The summed E-state index contributed by atoms with van der Waals surface area (Å²) in [4.78, 5) is 18.8. The Hall–Kier alpha value is -3.65. The van der Waals surface area contributed by atoms with Crippen molar-refractivity contribution < 1.29 is 9.53 Å². The lowest BCUT2D eigenvalue weighted by atomic mass is 9.96. The lowest BCUT2D eigenvalue weighted by Crippen LogP contribution is -2.43. The van der Waals surface area contributed by atoms with Gasteiger partial charge in [0, 0.05) is 23.7 Å². The van der Waals surface area contributed by atoms with Gasteiger partial charge in [0.05, 0.1) is 25.1 Å². The van der Waals surface area contributed by atoms with E-state index in [1.807, 2.05) is 73.1 Å². The highest BCUT2D eigenvalue weighted by molar-refractivity contribution is 7.13. The molecule has 2 heterocycles. The normalized spacial score (nSPS) is 16.2. The fourth-order valence-corrected chi connectivity index (χ4v) is 3.92. The highest BCUT2D eigenvalue weighted by atomic mass is 32.1. The predicted molar refractivity (Wildman–Crippen MR) is 124 cm³/mol. The largest absolute Gasteiger partial charge is 0.497 e. The standard InChI is InChI=1S/C23H23N5O2S/c1-3-28-14-19(21(26-23(28)29)17-7-5-4-6-8-17)20-15-31-22(25-20)27-24-13-16-9-11-18(30-2)12-10-16/h4-15,21H,3H2,1-2H3,(H,25,27)(H,26,29). The van der Waals surface area contributed by atoms with Gasteiger partial charge in [-0.15, -0.1) is 11.3 Å². The van der Waals surface area contributed by atoms with Crippen molar-refractivity contribution in [1.82, 2.24) is 15.2 Å². The number of rotatable bonds is 7. The van der Waals surface area contributed by atoms with E-state index in [0.717, 1.165) is 28.1 Å². The number of methoxy groups -OCH3 is 1. The van der Waals surface area contributed by atoms with Gasteiger partial charge in [-0.1, -0.05) is 30.3 Å². The van der Waals surface area contributed by atoms with Gasteiger partial charge in [0.1, 0.15) is 5.75 Å². The van der Waals surface area contributed by atoms with Gasteiger partial charge < -0.3 is 15.0 Å². The summed E-state index contributed by atoms with van der Waals surface area (Å²) < 4.78 is 5.16. The van der Waals surface area contributed by atoms with Crippen molar-refractivity contribution in [2.75, 3.05) is 19.1 Å². The number of nitrogens with zero attached hydrogens (tertiary/aromatic N) is 3. The van der Waals surface area contributed by atoms with Crippen molar-refractivity contribution in [3.8, 4) is 5.75 Å². The lowest BCUT2D eigenvalue weighted by molar-refractivity contribution is 0.212. The van der Waals surface area contributed by atoms with Crippen molar-refractivity contribution in [1.29, 1.82) is 0 Å². The van der Waals surface area contributed by atoms with Gasteiger partial charge in [0.25, 0.3) is 0 Å². The lowest BCUT2D eigenvalue weighted by Gasteiger charge is -2.31. The number of aromatic nitrogens is 1. The van der Waals surface area contributed by atoms with Crippen molar-refractivity contribution in [2.24, 2.45) is 5.10 Å². The molecule has 158 valence electrons. The van der Waals surface area contributed by atoms with E-state index in [0.29, 0.717) is 11.7 Å². The minimum Gasteiger partial charge on any atom is -0.497 e. The van der Waals surface area contributed by atoms with Gasteiger partial charge in [0.2, 0.25) is 5.13 Å². The van der Waals surface area contributed by atoms with E-state index in [2.05, 4.69) is 20.8 Å². The monoisotopic (exact) mass is 433 g/mol. The summed E-state index contributed by atoms with van der Waals surface area (Å²) in [5.41, 5.74) is 6.69. The molecular weight excluding hydrogens is 410 g/mol. The molecule has 3 aromatic rings. The van der Waals surface area contributed by atoms with Gasteiger partial charge in [-0.2, -0.15) is 5.10 Å². The van der Waals surface area contributed by atoms with Crippen LogP contribution in [0.5, 0.6) is 5.75 Å². The molecular formula is C23H23N5O2S. The molecule has 0 aliphatic carbocycles. The molecule has 1 aliphatic heterocycles. The Labute approximate surface area is 185 Å². The van der Waals surface area contributed by atoms with Crippen LogP contribution < -0.4 is 15.5 Å². The zero-order valence-electron chi connectivity index (χ0n) is 17.3. The second kappa shape index (κ2) is 9.44. The van der Waals surface area contributed by atoms with E-state index in [-0.39, 0.29) is 12.1 Å². The molecule has 1 aliphatic rings. The number of amides is 2. The minimum absolute atomic E-state index is 0.113. The Bertz CT molecular complexity index is 1090. The molecule has 8 heteroatoms. The number of nitrogens with one attached hydrogen (secondary N) is 2. The molecule has 0 radical (unpaired) electrons. The van der Waals surface area contributed by atoms with E-state index >= 15 is 0 Å². The Morgan fingerprint density at radius 1 is 1.23 bits per heavy atom. The molecule has 2 amide bonds. The number of carbonyl (C=O) groups excluding carboxylic acids is 1. The van der Waals surface area contributed by atoms with Gasteiger partial charge >= 0.3 is 6.03 Å². The average molecular weight is 434 g/mol. The molecule has 4 rings (SSSR count). The third kappa shape index (κ3) is 4.75. The molecule has 1 unspecified atom stereocenters. The van der Waals surface area contributed by atoms with Crippen LogP contribution in [0.25, 0.3) is 5.57 Å². The van der Waals surface area contributed by atoms with Crippen LogP contribution in [0.4, 0.5) is 9.93 Å². The van der Waals surface area contributed by atoms with Crippen LogP contribution in [0.3, 0.4) is 0 Å². The maximum absolute atomic E-state index is 12.4. The number of ether oxygens (including phenoxy) is 1. The van der Waals surface area contributed by atoms with E-state index < -0.39 is 0 Å². The van der Waals surface area contributed by atoms with Crippen LogP contribution in [0, 0.1) is 0 Å². The minimum atomic E-state index is -0.255. The molecule has 7 nitrogen and oxygen atoms in total. The zero-order valence-corrected chi connectivity index (χ0v) is 18.1. The van der Waals surface area contributed by atoms with E-state index in [4.69, 9.17) is 4.74 Å². The summed E-state index contributed by atoms with van der Waals surface area (Å²) in [7, 11) is 1.64. The molecule has 2 N–H and O–H groups in total. The van der Waals surface area contributed by atoms with Crippen molar-refractivity contribution in [3.05, 3.63) is 83.0 Å². The highest BCUT2D eigenvalue weighted by Gasteiger charge is 2.29. The second-order valence-corrected chi connectivity index (χ2v) is 7.70. The Kier molecular flexibility index (Phi) is 6.28. The third-order valence-corrected chi connectivity index (χ3v) is 5.64. The number of carbonyl (C=O) groups is 1. The van der Waals surface area contributed by atoms with Gasteiger partial charge in [-0.25, -0.2) is 9.78 Å². The first kappa shape index (κ1) is 20.6. The van der Waals surface area contributed by atoms with E-state index in [1.165, 1.54) is 11.3 Å². The van der Waals surface area contributed by atoms with Crippen LogP contribution in [0.15, 0.2) is 71.3 Å². The fourth-order valence-electron chi connectivity index (χ4n) is 3.25. The molecule has 0 bridgehead atoms. The molecule has 1 aromatic heterocycles. The third-order valence-electron chi connectivity index (χ3n) is 4.90. The predicted octanol–water partition coefficient (Wildman–Crippen LogP) is 4.73. The number of hydrogen-bond acceptors (Lipinski definition) is 6. The van der Waals surface area contributed by atoms with Gasteiger partial charge in [0.15, 0.2) is 0 Å². The molecule has 1 atom stereocenters. The summed E-state index contributed by atoms with van der Waals surface area (Å²) in [5.74, 6) is 0.802. The molecule has 0 saturated carbocycles. The van der Waals surface area contributed by atoms with Crippen molar-refractivity contribution >= 4 is 34.3 Å². The SMILES string of the molecule is CCN1C=C(c2csc(NN=Cc3ccc(OC)cc3)n2)C(c2ccccc2)NC1=O. The summed E-state index contributed by atoms with van der Waals surface area (Å²) >= 11 is 1.46. The van der Waals surface area contributed by atoms with Crippen LogP contribution in [0.2, 0.25) is 0 Å². The average Bonchev–Trinajstić information content (AvgIpc) is 3.28. The number of hydrogen-bond donors (Lipinski definition) is 2. The molecule has 0 fully saturated rings. The first-order chi connectivity index (χ1) is 15.2. The number of anilines is 1. The van der Waals surface area contributed by atoms with E-state index in [1.54, 1.807) is 18.2 Å². The van der Waals surface area contributed by atoms with Crippen LogP contribution in [0.1, 0.15) is 29.8 Å². The Morgan fingerprint density at radius 2 is 2.00 bits per heavy atom. The number of thiazole rings is 1. The molecule has 2 aromatic carbocycles. The molecule has 31 heavy (non-hydrogen) atoms. The Balaban J connectivity index is 1.53. The maximum atomic E-state index is 12.4. The maximum Gasteiger partial charge on any atom is 0.322 e. The second-order valence-electron chi connectivity index (χ2n) is 6.84. The van der Waals surface area contributed by atoms with Crippen LogP contribution in [-0.4, -0.2) is 35.8 Å². The topological polar surface area (TPSA) is 78.8 Å². The first-order valence-corrected chi connectivity index (χ1v) is 10.8. The fraction of sp³-hybridized carbons (Fsp3) is 0.174. The quantitative estimate of drug-likeness (QED) is 0.417. The molecule has 0 saturated heterocycles. The van der Waals surface area contributed by atoms with Crippen molar-refractivity contribution in [2.45, 2.75) is 13.0 Å². The number of urea groups is 1. The highest BCUT2D eigenvalue weighted by Crippen LogP contribution is 2.34. The smallest absolute Gasteiger partial charge is 0.322 e. The number of hydrazone groups is 1. The molecule has 0 spiro atoms. The summed E-state index contributed by atoms with van der Waals surface area (Å²) in [6.45, 7) is 2.52. The van der Waals surface area contributed by atoms with Gasteiger partial charge in [-0.05, 0) is 42.3 Å². The van der Waals surface area contributed by atoms with Crippen LogP contribution in [-0.2, 0) is 0 Å².